The van der Waals surface area contributed by atoms with Crippen molar-refractivity contribution in [3.8, 4) is 28.4 Å². The van der Waals surface area contributed by atoms with Gasteiger partial charge in [0.15, 0.2) is 0 Å². The van der Waals surface area contributed by atoms with Gasteiger partial charge in [-0.3, -0.25) is 0 Å². The topological polar surface area (TPSA) is 141 Å². The Balaban J connectivity index is 1.20. The summed E-state index contributed by atoms with van der Waals surface area (Å²) in [5.41, 5.74) is 2.65. The Labute approximate surface area is 315 Å². The zero-order valence-corrected chi connectivity index (χ0v) is 30.3. The van der Waals surface area contributed by atoms with Crippen molar-refractivity contribution in [2.45, 2.75) is 25.7 Å². The molecule has 0 saturated carbocycles. The molecule has 12 heteroatoms. The molecule has 0 fully saturated rings. The molecule has 0 amide bonds. The van der Waals surface area contributed by atoms with Crippen LogP contribution in [0.1, 0.15) is 56.8 Å². The van der Waals surface area contributed by atoms with Gasteiger partial charge in [0.05, 0.1) is 47.6 Å². The quantitative estimate of drug-likeness (QED) is 0.0299. The summed E-state index contributed by atoms with van der Waals surface area (Å²) < 4.78 is 32.4. The molecule has 0 N–H and O–H groups in total. The van der Waals surface area contributed by atoms with Crippen LogP contribution in [0.15, 0.2) is 121 Å². The largest absolute Gasteiger partial charge is 0.492 e. The van der Waals surface area contributed by atoms with E-state index in [9.17, 15) is 24.0 Å². The SMILES string of the molecule is C=CC(=O)OCCCCOC(=O)c1ccc(-c2ccc(OC(=O)c3ccc(OC(=O)c4ccc(OCCCCOC(=O)C=C)c(Br)c4)cc3)cc2)cc1. The van der Waals surface area contributed by atoms with E-state index in [-0.39, 0.29) is 31.1 Å². The smallest absolute Gasteiger partial charge is 0.343 e. The summed E-state index contributed by atoms with van der Waals surface area (Å²) in [6.45, 7) is 7.79. The van der Waals surface area contributed by atoms with E-state index in [0.29, 0.717) is 59.4 Å². The lowest BCUT2D eigenvalue weighted by atomic mass is 10.0. The predicted molar refractivity (Wildman–Crippen MR) is 199 cm³/mol. The highest BCUT2D eigenvalue weighted by atomic mass is 79.9. The molecular weight excluding hydrogens is 748 g/mol. The van der Waals surface area contributed by atoms with Gasteiger partial charge in [0.2, 0.25) is 0 Å². The first-order valence-corrected chi connectivity index (χ1v) is 17.4. The van der Waals surface area contributed by atoms with E-state index < -0.39 is 29.8 Å². The number of rotatable bonds is 19. The van der Waals surface area contributed by atoms with Crippen molar-refractivity contribution < 1.29 is 52.4 Å². The van der Waals surface area contributed by atoms with Gasteiger partial charge in [-0.05, 0) is 119 Å². The third-order valence-electron chi connectivity index (χ3n) is 7.38. The van der Waals surface area contributed by atoms with Crippen LogP contribution in [-0.2, 0) is 23.8 Å². The molecule has 0 aliphatic heterocycles. The van der Waals surface area contributed by atoms with Crippen molar-refractivity contribution in [1.29, 1.82) is 0 Å². The van der Waals surface area contributed by atoms with Gasteiger partial charge in [-0.2, -0.15) is 0 Å². The molecule has 4 aromatic carbocycles. The van der Waals surface area contributed by atoms with Gasteiger partial charge in [0.25, 0.3) is 0 Å². The summed E-state index contributed by atoms with van der Waals surface area (Å²) in [6, 6.07) is 24.7. The van der Waals surface area contributed by atoms with E-state index in [1.165, 1.54) is 24.3 Å². The summed E-state index contributed by atoms with van der Waals surface area (Å²) in [5, 5.41) is 0. The third-order valence-corrected chi connectivity index (χ3v) is 8.00. The summed E-state index contributed by atoms with van der Waals surface area (Å²) in [4.78, 5) is 60.0. The number of carbonyl (C=O) groups excluding carboxylic acids is 5. The molecule has 11 nitrogen and oxygen atoms in total. The minimum absolute atomic E-state index is 0.206. The molecule has 0 unspecified atom stereocenters. The lowest BCUT2D eigenvalue weighted by Crippen LogP contribution is -2.10. The van der Waals surface area contributed by atoms with Crippen LogP contribution in [-0.4, -0.2) is 56.3 Å². The summed E-state index contributed by atoms with van der Waals surface area (Å²) >= 11 is 3.41. The van der Waals surface area contributed by atoms with Gasteiger partial charge < -0.3 is 28.4 Å². The molecule has 0 radical (unpaired) electrons. The number of unbranched alkanes of at least 4 members (excludes halogenated alkanes) is 2. The highest BCUT2D eigenvalue weighted by Gasteiger charge is 2.14. The maximum absolute atomic E-state index is 12.8. The zero-order chi connectivity index (χ0) is 38.0. The standard InChI is InChI=1S/C41H37BrO11/c1-3-37(43)49-24-6-5-23-48-36-22-17-32(27-35(36)42)41(47)53-34-20-15-31(16-21-34)40(46)52-33-18-13-29(14-19-33)28-9-11-30(12-10-28)39(45)51-26-8-7-25-50-38(44)4-2/h3-4,9-22,27H,1-2,5-8,23-26H2. The van der Waals surface area contributed by atoms with Crippen LogP contribution in [0.3, 0.4) is 0 Å². The van der Waals surface area contributed by atoms with Gasteiger partial charge >= 0.3 is 29.8 Å². The molecule has 4 aromatic rings. The van der Waals surface area contributed by atoms with E-state index in [2.05, 4.69) is 29.1 Å². The second kappa shape index (κ2) is 20.7. The molecule has 53 heavy (non-hydrogen) atoms. The van der Waals surface area contributed by atoms with Crippen LogP contribution in [0, 0.1) is 0 Å². The first kappa shape index (κ1) is 39.8. The second-order valence-electron chi connectivity index (χ2n) is 11.2. The molecule has 274 valence electrons. The molecule has 0 heterocycles. The Morgan fingerprint density at radius 2 is 0.925 bits per heavy atom. The number of halogens is 1. The van der Waals surface area contributed by atoms with Crippen LogP contribution in [0.25, 0.3) is 11.1 Å². The van der Waals surface area contributed by atoms with Crippen LogP contribution >= 0.6 is 15.9 Å². The number of hydrogen-bond donors (Lipinski definition) is 0. The van der Waals surface area contributed by atoms with Crippen molar-refractivity contribution in [3.63, 3.8) is 0 Å². The number of hydrogen-bond acceptors (Lipinski definition) is 11. The minimum atomic E-state index is -0.594. The molecular formula is C41H37BrO11. The lowest BCUT2D eigenvalue weighted by molar-refractivity contribution is -0.138. The van der Waals surface area contributed by atoms with Crippen molar-refractivity contribution in [3.05, 3.63) is 137 Å². The van der Waals surface area contributed by atoms with Crippen molar-refractivity contribution in [2.24, 2.45) is 0 Å². The van der Waals surface area contributed by atoms with E-state index >= 15 is 0 Å². The minimum Gasteiger partial charge on any atom is -0.492 e. The highest BCUT2D eigenvalue weighted by molar-refractivity contribution is 9.10. The highest BCUT2D eigenvalue weighted by Crippen LogP contribution is 2.28. The Kier molecular flexibility index (Phi) is 15.6. The molecule has 0 aliphatic rings. The molecule has 0 saturated heterocycles. The monoisotopic (exact) mass is 784 g/mol. The lowest BCUT2D eigenvalue weighted by Gasteiger charge is -2.10. The first-order chi connectivity index (χ1) is 25.7. The van der Waals surface area contributed by atoms with Crippen molar-refractivity contribution >= 4 is 45.8 Å². The zero-order valence-electron chi connectivity index (χ0n) is 28.8. The Morgan fingerprint density at radius 1 is 0.509 bits per heavy atom. The molecule has 0 atom stereocenters. The van der Waals surface area contributed by atoms with Crippen LogP contribution in [0.2, 0.25) is 0 Å². The average molecular weight is 786 g/mol. The maximum Gasteiger partial charge on any atom is 0.343 e. The normalized spacial score (nSPS) is 10.4. The van der Waals surface area contributed by atoms with Gasteiger partial charge in [-0.1, -0.05) is 37.4 Å². The number of carbonyl (C=O) groups is 5. The van der Waals surface area contributed by atoms with Crippen LogP contribution < -0.4 is 14.2 Å². The Bertz CT molecular complexity index is 1900. The van der Waals surface area contributed by atoms with E-state index in [1.807, 2.05) is 0 Å². The van der Waals surface area contributed by atoms with Gasteiger partial charge in [0.1, 0.15) is 17.2 Å². The third kappa shape index (κ3) is 12.9. The van der Waals surface area contributed by atoms with E-state index in [1.54, 1.807) is 66.7 Å². The Morgan fingerprint density at radius 3 is 1.45 bits per heavy atom. The first-order valence-electron chi connectivity index (χ1n) is 16.6. The van der Waals surface area contributed by atoms with Crippen LogP contribution in [0.4, 0.5) is 0 Å². The fourth-order valence-corrected chi connectivity index (χ4v) is 5.05. The predicted octanol–water partition coefficient (Wildman–Crippen LogP) is 8.11. The average Bonchev–Trinajstić information content (AvgIpc) is 3.18. The van der Waals surface area contributed by atoms with Gasteiger partial charge in [0, 0.05) is 12.2 Å². The van der Waals surface area contributed by atoms with Gasteiger partial charge in [-0.25, -0.2) is 24.0 Å². The number of esters is 5. The summed E-state index contributed by atoms with van der Waals surface area (Å²) in [6.07, 6.45) is 4.63. The molecule has 0 aliphatic carbocycles. The van der Waals surface area contributed by atoms with Crippen molar-refractivity contribution in [2.75, 3.05) is 26.4 Å². The Hall–Kier alpha value is -6.01. The fraction of sp³-hybridized carbons (Fsp3) is 0.195. The van der Waals surface area contributed by atoms with E-state index in [0.717, 1.165) is 23.3 Å². The maximum atomic E-state index is 12.8. The molecule has 0 aromatic heterocycles. The summed E-state index contributed by atoms with van der Waals surface area (Å²) in [7, 11) is 0. The van der Waals surface area contributed by atoms with Crippen LogP contribution in [0.5, 0.6) is 17.2 Å². The number of ether oxygens (including phenoxy) is 6. The molecule has 0 bridgehead atoms. The van der Waals surface area contributed by atoms with Gasteiger partial charge in [-0.15, -0.1) is 0 Å². The van der Waals surface area contributed by atoms with Crippen molar-refractivity contribution in [1.82, 2.24) is 0 Å². The molecule has 4 rings (SSSR count). The summed E-state index contributed by atoms with van der Waals surface area (Å²) in [5.74, 6) is -1.46. The fourth-order valence-electron chi connectivity index (χ4n) is 4.55. The number of benzene rings is 4. The van der Waals surface area contributed by atoms with E-state index in [4.69, 9.17) is 28.4 Å². The molecule has 0 spiro atoms. The second-order valence-corrected chi connectivity index (χ2v) is 12.0.